The van der Waals surface area contributed by atoms with Crippen molar-refractivity contribution in [2.75, 3.05) is 18.0 Å². The summed E-state index contributed by atoms with van der Waals surface area (Å²) in [4.78, 5) is 12.9. The Bertz CT molecular complexity index is 400. The molecule has 1 N–H and O–H groups in total. The van der Waals surface area contributed by atoms with Gasteiger partial charge in [0.15, 0.2) is 0 Å². The molecule has 1 aromatic carbocycles. The molecule has 1 aromatic rings. The number of carboxylic acid groups (broad SMARTS) is 1. The molecule has 1 radical (unpaired) electrons. The van der Waals surface area contributed by atoms with Gasteiger partial charge >= 0.3 is 5.97 Å². The Labute approximate surface area is 93.5 Å². The van der Waals surface area contributed by atoms with Gasteiger partial charge in [0.2, 0.25) is 0 Å². The standard InChI is InChI=1S/C12H13FNO2/c13-9-5-4-6-10(11(9)12(15)16)14-7-2-1-3-8-14/h4-5H,1-3,7-8H2,(H,15,16). The highest BCUT2D eigenvalue weighted by Gasteiger charge is 2.21. The molecule has 1 saturated heterocycles. The lowest BCUT2D eigenvalue weighted by atomic mass is 10.1. The molecule has 1 heterocycles. The third-order valence-corrected chi connectivity index (χ3v) is 2.81. The molecule has 0 bridgehead atoms. The molecule has 0 spiro atoms. The van der Waals surface area contributed by atoms with E-state index < -0.39 is 11.8 Å². The first-order valence-electron chi connectivity index (χ1n) is 5.38. The van der Waals surface area contributed by atoms with Gasteiger partial charge in [-0.05, 0) is 31.4 Å². The van der Waals surface area contributed by atoms with Crippen LogP contribution in [0.5, 0.6) is 0 Å². The Morgan fingerprint density at radius 3 is 2.69 bits per heavy atom. The number of halogens is 1. The third kappa shape index (κ3) is 2.01. The number of carboxylic acids is 1. The molecule has 0 saturated carbocycles. The normalized spacial score (nSPS) is 16.2. The Morgan fingerprint density at radius 1 is 1.38 bits per heavy atom. The average Bonchev–Trinajstić information content (AvgIpc) is 2.29. The summed E-state index contributed by atoms with van der Waals surface area (Å²) in [6.07, 6.45) is 3.18. The monoisotopic (exact) mass is 222 g/mol. The van der Waals surface area contributed by atoms with Crippen LogP contribution in [-0.4, -0.2) is 24.2 Å². The zero-order valence-corrected chi connectivity index (χ0v) is 8.87. The lowest BCUT2D eigenvalue weighted by molar-refractivity contribution is 0.0692. The van der Waals surface area contributed by atoms with Crippen LogP contribution in [0.3, 0.4) is 0 Å². The number of nitrogens with zero attached hydrogens (tertiary/aromatic N) is 1. The van der Waals surface area contributed by atoms with Crippen LogP contribution in [0.1, 0.15) is 29.6 Å². The van der Waals surface area contributed by atoms with E-state index in [1.54, 1.807) is 0 Å². The van der Waals surface area contributed by atoms with Crippen LogP contribution in [0.4, 0.5) is 10.1 Å². The van der Waals surface area contributed by atoms with Crippen molar-refractivity contribution < 1.29 is 14.3 Å². The van der Waals surface area contributed by atoms with Gasteiger partial charge < -0.3 is 10.0 Å². The first-order valence-corrected chi connectivity index (χ1v) is 5.38. The first kappa shape index (κ1) is 10.9. The average molecular weight is 222 g/mol. The number of aromatic carboxylic acids is 1. The molecule has 0 atom stereocenters. The fourth-order valence-electron chi connectivity index (χ4n) is 2.03. The molecule has 0 unspecified atom stereocenters. The number of carbonyl (C=O) groups is 1. The zero-order chi connectivity index (χ0) is 11.5. The van der Waals surface area contributed by atoms with E-state index in [1.807, 2.05) is 4.90 Å². The largest absolute Gasteiger partial charge is 0.478 e. The molecule has 0 aliphatic carbocycles. The van der Waals surface area contributed by atoms with Crippen molar-refractivity contribution in [1.82, 2.24) is 0 Å². The summed E-state index contributed by atoms with van der Waals surface area (Å²) in [5, 5.41) is 8.99. The van der Waals surface area contributed by atoms with Crippen LogP contribution in [0.2, 0.25) is 0 Å². The maximum absolute atomic E-state index is 13.4. The van der Waals surface area contributed by atoms with Gasteiger partial charge in [-0.3, -0.25) is 0 Å². The van der Waals surface area contributed by atoms with E-state index in [2.05, 4.69) is 6.07 Å². The van der Waals surface area contributed by atoms with E-state index in [-0.39, 0.29) is 5.56 Å². The van der Waals surface area contributed by atoms with E-state index in [0.29, 0.717) is 5.69 Å². The lowest BCUT2D eigenvalue weighted by Gasteiger charge is -2.29. The van der Waals surface area contributed by atoms with Crippen molar-refractivity contribution in [3.63, 3.8) is 0 Å². The van der Waals surface area contributed by atoms with Crippen LogP contribution < -0.4 is 4.90 Å². The molecular weight excluding hydrogens is 209 g/mol. The summed E-state index contributed by atoms with van der Waals surface area (Å²) in [5.41, 5.74) is 0.122. The molecule has 4 heteroatoms. The number of anilines is 1. The predicted molar refractivity (Wildman–Crippen MR) is 58.3 cm³/mol. The summed E-state index contributed by atoms with van der Waals surface area (Å²) in [7, 11) is 0. The second-order valence-electron chi connectivity index (χ2n) is 3.90. The van der Waals surface area contributed by atoms with E-state index >= 15 is 0 Å². The lowest BCUT2D eigenvalue weighted by Crippen LogP contribution is -2.31. The van der Waals surface area contributed by atoms with Gasteiger partial charge in [0.1, 0.15) is 11.4 Å². The van der Waals surface area contributed by atoms with Crippen molar-refractivity contribution in [2.24, 2.45) is 0 Å². The molecule has 1 fully saturated rings. The second-order valence-corrected chi connectivity index (χ2v) is 3.90. The van der Waals surface area contributed by atoms with Crippen molar-refractivity contribution in [3.8, 4) is 0 Å². The Hall–Kier alpha value is -1.58. The zero-order valence-electron chi connectivity index (χ0n) is 8.87. The molecule has 3 nitrogen and oxygen atoms in total. The van der Waals surface area contributed by atoms with Gasteiger partial charge in [0, 0.05) is 19.2 Å². The Morgan fingerprint density at radius 2 is 2.06 bits per heavy atom. The highest BCUT2D eigenvalue weighted by atomic mass is 19.1. The fourth-order valence-corrected chi connectivity index (χ4v) is 2.03. The third-order valence-electron chi connectivity index (χ3n) is 2.81. The van der Waals surface area contributed by atoms with Gasteiger partial charge in [-0.2, -0.15) is 0 Å². The number of hydrogen-bond donors (Lipinski definition) is 1. The summed E-state index contributed by atoms with van der Waals surface area (Å²) in [5.74, 6) is -1.92. The van der Waals surface area contributed by atoms with E-state index in [9.17, 15) is 9.18 Å². The molecule has 2 rings (SSSR count). The number of piperidine rings is 1. The highest BCUT2D eigenvalue weighted by molar-refractivity contribution is 5.94. The van der Waals surface area contributed by atoms with Crippen LogP contribution in [-0.2, 0) is 0 Å². The minimum absolute atomic E-state index is 0.260. The van der Waals surface area contributed by atoms with Gasteiger partial charge in [0.25, 0.3) is 0 Å². The highest BCUT2D eigenvalue weighted by Crippen LogP contribution is 2.25. The van der Waals surface area contributed by atoms with Crippen LogP contribution in [0, 0.1) is 11.9 Å². The SMILES string of the molecule is O=C(O)c1c(N2CCCCC2)[c]ccc1F. The maximum atomic E-state index is 13.4. The topological polar surface area (TPSA) is 40.5 Å². The minimum atomic E-state index is -1.23. The summed E-state index contributed by atoms with van der Waals surface area (Å²) < 4.78 is 13.4. The molecular formula is C12H13FNO2. The predicted octanol–water partition coefficient (Wildman–Crippen LogP) is 2.31. The number of hydrogen-bond acceptors (Lipinski definition) is 2. The number of rotatable bonds is 2. The number of benzene rings is 1. The van der Waals surface area contributed by atoms with Crippen molar-refractivity contribution in [1.29, 1.82) is 0 Å². The van der Waals surface area contributed by atoms with Crippen LogP contribution in [0.25, 0.3) is 0 Å². The van der Waals surface area contributed by atoms with Gasteiger partial charge in [-0.1, -0.05) is 0 Å². The first-order chi connectivity index (χ1) is 7.70. The quantitative estimate of drug-likeness (QED) is 0.834. The van der Waals surface area contributed by atoms with Crippen LogP contribution in [0.15, 0.2) is 12.1 Å². The molecule has 0 aromatic heterocycles. The summed E-state index contributed by atoms with van der Waals surface area (Å²) in [6, 6.07) is 5.41. The van der Waals surface area contributed by atoms with E-state index in [4.69, 9.17) is 5.11 Å². The second kappa shape index (κ2) is 4.51. The van der Waals surface area contributed by atoms with Crippen molar-refractivity contribution in [3.05, 3.63) is 29.6 Å². The van der Waals surface area contributed by atoms with Crippen molar-refractivity contribution >= 4 is 11.7 Å². The van der Waals surface area contributed by atoms with Crippen LogP contribution >= 0.6 is 0 Å². The molecule has 0 amide bonds. The fraction of sp³-hybridized carbons (Fsp3) is 0.417. The maximum Gasteiger partial charge on any atom is 0.340 e. The minimum Gasteiger partial charge on any atom is -0.478 e. The molecule has 85 valence electrons. The van der Waals surface area contributed by atoms with Gasteiger partial charge in [0.05, 0.1) is 5.69 Å². The summed E-state index contributed by atoms with van der Waals surface area (Å²) >= 11 is 0. The Balaban J connectivity index is 2.38. The molecule has 16 heavy (non-hydrogen) atoms. The van der Waals surface area contributed by atoms with Crippen molar-refractivity contribution in [2.45, 2.75) is 19.3 Å². The van der Waals surface area contributed by atoms with Gasteiger partial charge in [-0.25, -0.2) is 9.18 Å². The Kier molecular flexibility index (Phi) is 3.08. The smallest absolute Gasteiger partial charge is 0.340 e. The molecule has 1 aliphatic heterocycles. The molecule has 1 aliphatic rings. The van der Waals surface area contributed by atoms with E-state index in [0.717, 1.165) is 38.4 Å². The summed E-state index contributed by atoms with van der Waals surface area (Å²) in [6.45, 7) is 1.56. The van der Waals surface area contributed by atoms with Gasteiger partial charge in [-0.15, -0.1) is 0 Å². The van der Waals surface area contributed by atoms with E-state index in [1.165, 1.54) is 6.07 Å².